The number of hydrogen-bond donors (Lipinski definition) is 2. The Labute approximate surface area is 147 Å². The van der Waals surface area contributed by atoms with Crippen LogP contribution < -0.4 is 15.8 Å². The molecule has 1 aliphatic rings. The number of ether oxygens (including phenoxy) is 1. The van der Waals surface area contributed by atoms with E-state index < -0.39 is 0 Å². The van der Waals surface area contributed by atoms with Gasteiger partial charge in [-0.3, -0.25) is 4.79 Å². The highest BCUT2D eigenvalue weighted by atomic mass is 35.5. The predicted molar refractivity (Wildman–Crippen MR) is 96.7 cm³/mol. The molecule has 24 heavy (non-hydrogen) atoms. The maximum absolute atomic E-state index is 12.4. The molecule has 0 unspecified atom stereocenters. The first kappa shape index (κ1) is 16.7. The molecular weight excluding hydrogens is 324 g/mol. The Balaban J connectivity index is 1.78. The number of methoxy groups -OCH3 is 1. The lowest BCUT2D eigenvalue weighted by atomic mass is 9.97. The molecule has 0 aromatic heterocycles. The fourth-order valence-electron chi connectivity index (χ4n) is 2.88. The number of benzene rings is 2. The van der Waals surface area contributed by atoms with Crippen molar-refractivity contribution in [1.82, 2.24) is 5.32 Å². The van der Waals surface area contributed by atoms with Crippen LogP contribution >= 0.6 is 11.6 Å². The van der Waals surface area contributed by atoms with Gasteiger partial charge in [-0.15, -0.1) is 0 Å². The highest BCUT2D eigenvalue weighted by Gasteiger charge is 2.27. The summed E-state index contributed by atoms with van der Waals surface area (Å²) in [5, 5.41) is 3.47. The lowest BCUT2D eigenvalue weighted by molar-refractivity contribution is 0.0950. The van der Waals surface area contributed by atoms with E-state index >= 15 is 0 Å². The number of carbonyl (C=O) groups is 1. The third-order valence-corrected chi connectivity index (χ3v) is 4.85. The summed E-state index contributed by atoms with van der Waals surface area (Å²) in [5.41, 5.74) is 10.8. The van der Waals surface area contributed by atoms with Gasteiger partial charge in [-0.1, -0.05) is 17.7 Å². The second kappa shape index (κ2) is 6.73. The Morgan fingerprint density at radius 3 is 2.75 bits per heavy atom. The van der Waals surface area contributed by atoms with Crippen LogP contribution in [0, 0.1) is 6.92 Å². The van der Waals surface area contributed by atoms with Crippen LogP contribution in [0.1, 0.15) is 45.8 Å². The zero-order chi connectivity index (χ0) is 17.3. The van der Waals surface area contributed by atoms with Crippen molar-refractivity contribution >= 4 is 23.2 Å². The largest absolute Gasteiger partial charge is 0.495 e. The second-order valence-corrected chi connectivity index (χ2v) is 6.56. The standard InChI is InChI=1S/C19H21ClN2O2/c1-11-15(14(12-3-4-12)6-8-17(11)21)10-22-19(23)13-5-7-16(20)18(9-13)24-2/h5-9,12H,3-4,10,21H2,1-2H3,(H,22,23). The average Bonchev–Trinajstić information content (AvgIpc) is 3.41. The molecule has 5 heteroatoms. The van der Waals surface area contributed by atoms with Gasteiger partial charge >= 0.3 is 0 Å². The Hall–Kier alpha value is -2.20. The van der Waals surface area contributed by atoms with Crippen LogP contribution in [0.5, 0.6) is 5.75 Å². The van der Waals surface area contributed by atoms with Gasteiger partial charge in [-0.25, -0.2) is 0 Å². The quantitative estimate of drug-likeness (QED) is 0.804. The molecule has 3 rings (SSSR count). The van der Waals surface area contributed by atoms with Gasteiger partial charge in [0.15, 0.2) is 0 Å². The molecule has 4 nitrogen and oxygen atoms in total. The van der Waals surface area contributed by atoms with Crippen LogP contribution in [0.25, 0.3) is 0 Å². The third kappa shape index (κ3) is 3.34. The molecule has 1 aliphatic carbocycles. The van der Waals surface area contributed by atoms with Gasteiger partial charge in [-0.05, 0) is 66.6 Å². The number of carbonyl (C=O) groups excluding carboxylic acids is 1. The van der Waals surface area contributed by atoms with Gasteiger partial charge in [0.05, 0.1) is 12.1 Å². The number of anilines is 1. The first-order valence-electron chi connectivity index (χ1n) is 8.01. The Bertz CT molecular complexity index is 785. The van der Waals surface area contributed by atoms with Crippen molar-refractivity contribution in [2.45, 2.75) is 32.2 Å². The molecule has 0 aliphatic heterocycles. The van der Waals surface area contributed by atoms with E-state index in [0.717, 1.165) is 16.8 Å². The molecule has 126 valence electrons. The number of halogens is 1. The Kier molecular flexibility index (Phi) is 4.67. The lowest BCUT2D eigenvalue weighted by Crippen LogP contribution is -2.24. The van der Waals surface area contributed by atoms with Gasteiger partial charge in [0, 0.05) is 17.8 Å². The summed E-state index contributed by atoms with van der Waals surface area (Å²) >= 11 is 6.00. The van der Waals surface area contributed by atoms with Gasteiger partial charge in [0.2, 0.25) is 0 Å². The predicted octanol–water partition coefficient (Wildman–Crippen LogP) is 4.05. The average molecular weight is 345 g/mol. The first-order chi connectivity index (χ1) is 11.5. The number of nitrogens with one attached hydrogen (secondary N) is 1. The number of nitrogens with two attached hydrogens (primary N) is 1. The molecular formula is C19H21ClN2O2. The van der Waals surface area contributed by atoms with Crippen molar-refractivity contribution in [2.75, 3.05) is 12.8 Å². The van der Waals surface area contributed by atoms with Crippen molar-refractivity contribution in [3.05, 3.63) is 57.6 Å². The minimum Gasteiger partial charge on any atom is -0.495 e. The number of amides is 1. The lowest BCUT2D eigenvalue weighted by Gasteiger charge is -2.15. The first-order valence-corrected chi connectivity index (χ1v) is 8.38. The smallest absolute Gasteiger partial charge is 0.251 e. The van der Waals surface area contributed by atoms with Crippen LogP contribution in [0.4, 0.5) is 5.69 Å². The Morgan fingerprint density at radius 2 is 2.08 bits per heavy atom. The highest BCUT2D eigenvalue weighted by Crippen LogP contribution is 2.43. The summed E-state index contributed by atoms with van der Waals surface area (Å²) in [6.45, 7) is 2.47. The summed E-state index contributed by atoms with van der Waals surface area (Å²) < 4.78 is 5.16. The summed E-state index contributed by atoms with van der Waals surface area (Å²) in [6, 6.07) is 9.04. The van der Waals surface area contributed by atoms with E-state index in [9.17, 15) is 4.79 Å². The maximum atomic E-state index is 12.4. The van der Waals surface area contributed by atoms with Crippen molar-refractivity contribution in [3.8, 4) is 5.75 Å². The van der Waals surface area contributed by atoms with E-state index in [0.29, 0.717) is 28.8 Å². The van der Waals surface area contributed by atoms with E-state index in [1.54, 1.807) is 18.2 Å². The fourth-order valence-corrected chi connectivity index (χ4v) is 3.07. The highest BCUT2D eigenvalue weighted by molar-refractivity contribution is 6.32. The van der Waals surface area contributed by atoms with Crippen molar-refractivity contribution < 1.29 is 9.53 Å². The molecule has 0 heterocycles. The molecule has 0 radical (unpaired) electrons. The number of rotatable bonds is 5. The van der Waals surface area contributed by atoms with Gasteiger partial charge in [0.25, 0.3) is 5.91 Å². The van der Waals surface area contributed by atoms with E-state index in [2.05, 4.69) is 11.4 Å². The normalized spacial score (nSPS) is 13.6. The number of nitrogen functional groups attached to an aromatic ring is 1. The van der Waals surface area contributed by atoms with E-state index in [4.69, 9.17) is 22.1 Å². The van der Waals surface area contributed by atoms with Crippen LogP contribution in [0.3, 0.4) is 0 Å². The number of hydrogen-bond acceptors (Lipinski definition) is 3. The van der Waals surface area contributed by atoms with E-state index in [1.807, 2.05) is 13.0 Å². The summed E-state index contributed by atoms with van der Waals surface area (Å²) in [6.07, 6.45) is 2.41. The van der Waals surface area contributed by atoms with Crippen LogP contribution in [-0.4, -0.2) is 13.0 Å². The Morgan fingerprint density at radius 1 is 1.33 bits per heavy atom. The fraction of sp³-hybridized carbons (Fsp3) is 0.316. The van der Waals surface area contributed by atoms with Crippen LogP contribution in [0.15, 0.2) is 30.3 Å². The molecule has 0 saturated heterocycles. The molecule has 1 saturated carbocycles. The molecule has 2 aromatic rings. The minimum absolute atomic E-state index is 0.159. The van der Waals surface area contributed by atoms with Gasteiger partial charge in [0.1, 0.15) is 5.75 Å². The third-order valence-electron chi connectivity index (χ3n) is 4.53. The monoisotopic (exact) mass is 344 g/mol. The molecule has 1 amide bonds. The maximum Gasteiger partial charge on any atom is 0.251 e. The van der Waals surface area contributed by atoms with E-state index in [1.165, 1.54) is 25.5 Å². The SMILES string of the molecule is COc1cc(C(=O)NCc2c(C3CC3)ccc(N)c2C)ccc1Cl. The van der Waals surface area contributed by atoms with Crippen LogP contribution in [0.2, 0.25) is 5.02 Å². The molecule has 2 aromatic carbocycles. The van der Waals surface area contributed by atoms with E-state index in [-0.39, 0.29) is 5.91 Å². The summed E-state index contributed by atoms with van der Waals surface area (Å²) in [5.74, 6) is 0.934. The molecule has 0 spiro atoms. The molecule has 0 atom stereocenters. The molecule has 1 fully saturated rings. The van der Waals surface area contributed by atoms with Crippen molar-refractivity contribution in [3.63, 3.8) is 0 Å². The summed E-state index contributed by atoms with van der Waals surface area (Å²) in [4.78, 5) is 12.4. The minimum atomic E-state index is -0.159. The summed E-state index contributed by atoms with van der Waals surface area (Å²) in [7, 11) is 1.53. The van der Waals surface area contributed by atoms with Crippen LogP contribution in [-0.2, 0) is 6.54 Å². The zero-order valence-electron chi connectivity index (χ0n) is 13.9. The molecule has 0 bridgehead atoms. The van der Waals surface area contributed by atoms with Gasteiger partial charge in [-0.2, -0.15) is 0 Å². The van der Waals surface area contributed by atoms with Crippen molar-refractivity contribution in [1.29, 1.82) is 0 Å². The van der Waals surface area contributed by atoms with Gasteiger partial charge < -0.3 is 15.8 Å². The zero-order valence-corrected chi connectivity index (χ0v) is 14.6. The topological polar surface area (TPSA) is 64.3 Å². The van der Waals surface area contributed by atoms with Crippen molar-refractivity contribution in [2.24, 2.45) is 0 Å². The second-order valence-electron chi connectivity index (χ2n) is 6.15. The molecule has 3 N–H and O–H groups in total.